The molecule has 1 aliphatic heterocycles. The van der Waals surface area contributed by atoms with E-state index in [1.54, 1.807) is 0 Å². The summed E-state index contributed by atoms with van der Waals surface area (Å²) in [5.74, 6) is -1.70. The highest BCUT2D eigenvalue weighted by Crippen LogP contribution is 2.26. The first-order valence-corrected chi connectivity index (χ1v) is 10.7. The maximum atomic E-state index is 12.7. The van der Waals surface area contributed by atoms with E-state index in [0.717, 1.165) is 21.7 Å². The number of rotatable bonds is 7. The second kappa shape index (κ2) is 11.9. The number of urea groups is 2. The molecule has 1 fully saturated rings. The first kappa shape index (κ1) is 26.5. The Hall–Kier alpha value is -2.80. The lowest BCUT2D eigenvalue weighted by Gasteiger charge is -2.27. The van der Waals surface area contributed by atoms with Gasteiger partial charge in [-0.15, -0.1) is 0 Å². The molecule has 4 amide bonds. The normalized spacial score (nSPS) is 14.2. The Morgan fingerprint density at radius 3 is 2.52 bits per heavy atom. The van der Waals surface area contributed by atoms with E-state index in [4.69, 9.17) is 38.1 Å². The first-order chi connectivity index (χ1) is 15.6. The van der Waals surface area contributed by atoms with Crippen LogP contribution in [0.15, 0.2) is 18.2 Å². The van der Waals surface area contributed by atoms with Crippen LogP contribution in [-0.2, 0) is 19.1 Å². The van der Waals surface area contributed by atoms with Gasteiger partial charge < -0.3 is 14.4 Å². The molecule has 0 bridgehead atoms. The molecule has 2 rings (SSSR count). The van der Waals surface area contributed by atoms with Gasteiger partial charge in [-0.3, -0.25) is 9.74 Å². The van der Waals surface area contributed by atoms with E-state index in [-0.39, 0.29) is 23.0 Å². The molecular formula is C20H25ClN4O7S. The molecule has 0 N–H and O–H groups in total. The molecule has 0 saturated carbocycles. The Labute approximate surface area is 201 Å². The second-order valence-corrected chi connectivity index (χ2v) is 7.83. The number of hydroxylamine groups is 2. The Kier molecular flexibility index (Phi) is 9.53. The van der Waals surface area contributed by atoms with Crippen LogP contribution in [0.1, 0.15) is 23.7 Å². The van der Waals surface area contributed by atoms with Crippen molar-refractivity contribution in [2.45, 2.75) is 19.4 Å². The van der Waals surface area contributed by atoms with Crippen LogP contribution in [0.25, 0.3) is 0 Å². The predicted octanol–water partition coefficient (Wildman–Crippen LogP) is 2.52. The molecule has 180 valence electrons. The SMILES string of the molecule is CC(OC(=O)c1cc(N(C(=O)N(C)C)C(=O)N(C)C=S)ccc1Cl)C(=O)OCN1CCCO1. The van der Waals surface area contributed by atoms with Crippen LogP contribution in [0.4, 0.5) is 15.3 Å². The van der Waals surface area contributed by atoms with Crippen LogP contribution in [0.3, 0.4) is 0 Å². The highest BCUT2D eigenvalue weighted by atomic mass is 35.5. The Morgan fingerprint density at radius 1 is 1.24 bits per heavy atom. The average molecular weight is 501 g/mol. The summed E-state index contributed by atoms with van der Waals surface area (Å²) in [7, 11) is 4.31. The molecule has 0 aliphatic carbocycles. The van der Waals surface area contributed by atoms with Crippen LogP contribution in [0, 0.1) is 0 Å². The van der Waals surface area contributed by atoms with Crippen LogP contribution in [0.5, 0.6) is 0 Å². The van der Waals surface area contributed by atoms with Gasteiger partial charge in [0.05, 0.1) is 28.4 Å². The van der Waals surface area contributed by atoms with Gasteiger partial charge in [0.15, 0.2) is 12.8 Å². The summed E-state index contributed by atoms with van der Waals surface area (Å²) >= 11 is 10.9. The average Bonchev–Trinajstić information content (AvgIpc) is 3.31. The molecule has 11 nitrogen and oxygen atoms in total. The largest absolute Gasteiger partial charge is 0.447 e. The molecule has 1 atom stereocenters. The van der Waals surface area contributed by atoms with Gasteiger partial charge in [0.1, 0.15) is 0 Å². The molecule has 13 heteroatoms. The Balaban J connectivity index is 2.19. The number of amides is 4. The minimum Gasteiger partial charge on any atom is -0.447 e. The third-order valence-electron chi connectivity index (χ3n) is 4.45. The number of esters is 2. The highest BCUT2D eigenvalue weighted by Gasteiger charge is 2.29. The molecule has 1 aromatic carbocycles. The molecule has 33 heavy (non-hydrogen) atoms. The van der Waals surface area contributed by atoms with Gasteiger partial charge in [0, 0.05) is 27.7 Å². The van der Waals surface area contributed by atoms with Crippen LogP contribution in [-0.4, -0.2) is 91.5 Å². The zero-order valence-corrected chi connectivity index (χ0v) is 20.2. The van der Waals surface area contributed by atoms with Crippen molar-refractivity contribution in [2.24, 2.45) is 0 Å². The van der Waals surface area contributed by atoms with Crippen molar-refractivity contribution in [3.8, 4) is 0 Å². The molecule has 0 aromatic heterocycles. The summed E-state index contributed by atoms with van der Waals surface area (Å²) in [4.78, 5) is 58.5. The van der Waals surface area contributed by atoms with E-state index in [2.05, 4.69) is 0 Å². The van der Waals surface area contributed by atoms with E-state index in [0.29, 0.717) is 13.2 Å². The number of hydrogen-bond donors (Lipinski definition) is 0. The summed E-state index contributed by atoms with van der Waals surface area (Å²) in [6.07, 6.45) is -0.408. The molecule has 1 saturated heterocycles. The number of nitrogens with zero attached hydrogens (tertiary/aromatic N) is 4. The van der Waals surface area contributed by atoms with Gasteiger partial charge in [-0.25, -0.2) is 24.1 Å². The quantitative estimate of drug-likeness (QED) is 0.412. The minimum absolute atomic E-state index is 0.00247. The van der Waals surface area contributed by atoms with Crippen molar-refractivity contribution in [3.63, 3.8) is 0 Å². The molecule has 0 radical (unpaired) electrons. The van der Waals surface area contributed by atoms with Gasteiger partial charge >= 0.3 is 24.0 Å². The number of imide groups is 1. The lowest BCUT2D eigenvalue weighted by Crippen LogP contribution is -2.48. The number of benzene rings is 1. The van der Waals surface area contributed by atoms with Crippen LogP contribution >= 0.6 is 23.8 Å². The molecule has 1 heterocycles. The maximum Gasteiger partial charge on any atom is 0.348 e. The van der Waals surface area contributed by atoms with Gasteiger partial charge in [-0.05, 0) is 31.5 Å². The van der Waals surface area contributed by atoms with Crippen LogP contribution < -0.4 is 4.90 Å². The van der Waals surface area contributed by atoms with Crippen molar-refractivity contribution >= 4 is 59.0 Å². The smallest absolute Gasteiger partial charge is 0.348 e. The zero-order chi connectivity index (χ0) is 24.7. The number of ether oxygens (including phenoxy) is 2. The lowest BCUT2D eigenvalue weighted by molar-refractivity contribution is -0.189. The van der Waals surface area contributed by atoms with E-state index < -0.39 is 30.1 Å². The van der Waals surface area contributed by atoms with E-state index in [1.807, 2.05) is 0 Å². The predicted molar refractivity (Wildman–Crippen MR) is 123 cm³/mol. The van der Waals surface area contributed by atoms with E-state index in [1.165, 1.54) is 56.2 Å². The molecule has 1 aliphatic rings. The first-order valence-electron chi connectivity index (χ1n) is 9.85. The highest BCUT2D eigenvalue weighted by molar-refractivity contribution is 7.78. The standard InChI is InChI=1S/C20H25ClN4O7S/c1-13(17(26)30-11-24-8-5-9-31-24)32-18(27)15-10-14(6-7-16(15)21)25(19(28)22(2)3)20(29)23(4)12-33/h6-7,10,12-13H,5,8-9,11H2,1-4H3. The monoisotopic (exact) mass is 500 g/mol. The Morgan fingerprint density at radius 2 is 1.94 bits per heavy atom. The topological polar surface area (TPSA) is 109 Å². The minimum atomic E-state index is -1.23. The second-order valence-electron chi connectivity index (χ2n) is 7.21. The van der Waals surface area contributed by atoms with Gasteiger partial charge in [-0.1, -0.05) is 23.8 Å². The molecular weight excluding hydrogens is 476 g/mol. The molecule has 1 aromatic rings. The van der Waals surface area contributed by atoms with E-state index in [9.17, 15) is 19.2 Å². The van der Waals surface area contributed by atoms with Gasteiger partial charge in [0.2, 0.25) is 0 Å². The lowest BCUT2D eigenvalue weighted by atomic mass is 10.2. The summed E-state index contributed by atoms with van der Waals surface area (Å²) in [6, 6.07) is 2.53. The number of thiocarbonyl (C=S) groups is 1. The van der Waals surface area contributed by atoms with Gasteiger partial charge in [-0.2, -0.15) is 5.06 Å². The summed E-state index contributed by atoms with van der Waals surface area (Å²) in [5, 5.41) is 1.49. The number of halogens is 1. The van der Waals surface area contributed by atoms with Crippen molar-refractivity contribution in [3.05, 3.63) is 28.8 Å². The maximum absolute atomic E-state index is 12.7. The number of anilines is 1. The van der Waals surface area contributed by atoms with Crippen molar-refractivity contribution in [2.75, 3.05) is 45.9 Å². The third-order valence-corrected chi connectivity index (χ3v) is 5.09. The number of carbonyl (C=O) groups excluding carboxylic acids is 4. The molecule has 1 unspecified atom stereocenters. The Bertz CT molecular complexity index is 924. The fourth-order valence-corrected chi connectivity index (χ4v) is 2.93. The van der Waals surface area contributed by atoms with E-state index >= 15 is 0 Å². The zero-order valence-electron chi connectivity index (χ0n) is 18.6. The summed E-state index contributed by atoms with van der Waals surface area (Å²) in [6.45, 7) is 2.44. The van der Waals surface area contributed by atoms with Gasteiger partial charge in [0.25, 0.3) is 0 Å². The number of carbonyl (C=O) groups is 4. The summed E-state index contributed by atoms with van der Waals surface area (Å²) < 4.78 is 10.3. The summed E-state index contributed by atoms with van der Waals surface area (Å²) in [5.41, 5.74) is 0.982. The fourth-order valence-electron chi connectivity index (χ4n) is 2.64. The van der Waals surface area contributed by atoms with Crippen molar-refractivity contribution < 1.29 is 33.5 Å². The third kappa shape index (κ3) is 6.84. The van der Waals surface area contributed by atoms with Crippen molar-refractivity contribution in [1.82, 2.24) is 14.9 Å². The number of hydrogen-bond acceptors (Lipinski definition) is 9. The van der Waals surface area contributed by atoms with Crippen LogP contribution in [0.2, 0.25) is 5.02 Å². The fraction of sp³-hybridized carbons (Fsp3) is 0.450. The van der Waals surface area contributed by atoms with Crippen molar-refractivity contribution in [1.29, 1.82) is 0 Å². The molecule has 0 spiro atoms.